The summed E-state index contributed by atoms with van der Waals surface area (Å²) in [4.78, 5) is 23.4. The second kappa shape index (κ2) is 8.90. The fraction of sp³-hybridized carbons (Fsp3) is 0.353. The Morgan fingerprint density at radius 3 is 2.52 bits per heavy atom. The molecule has 2 aromatic rings. The summed E-state index contributed by atoms with van der Waals surface area (Å²) in [5, 5.41) is 6.42. The van der Waals surface area contributed by atoms with Crippen LogP contribution in [-0.4, -0.2) is 34.8 Å². The number of ether oxygens (including phenoxy) is 1. The fourth-order valence-electron chi connectivity index (χ4n) is 2.33. The van der Waals surface area contributed by atoms with Crippen LogP contribution >= 0.6 is 11.6 Å². The molecule has 0 spiro atoms. The number of halogens is 4. The summed E-state index contributed by atoms with van der Waals surface area (Å²) >= 11 is 5.75. The van der Waals surface area contributed by atoms with Crippen LogP contribution in [0.25, 0.3) is 5.69 Å². The molecular weight excluding hydrogens is 387 g/mol. The van der Waals surface area contributed by atoms with Crippen molar-refractivity contribution in [1.82, 2.24) is 15.1 Å². The highest BCUT2D eigenvalue weighted by Gasteiger charge is 2.40. The molecule has 1 N–H and O–H groups in total. The smallest absolute Gasteiger partial charge is 0.434 e. The second-order valence-electron chi connectivity index (χ2n) is 5.46. The number of nitrogens with zero attached hydrogens (tertiary/aromatic N) is 2. The average molecular weight is 404 g/mol. The molecule has 0 atom stereocenters. The highest BCUT2D eigenvalue weighted by atomic mass is 35.5. The van der Waals surface area contributed by atoms with Crippen molar-refractivity contribution in [1.29, 1.82) is 0 Å². The number of aromatic nitrogens is 2. The SMILES string of the molecule is CCOC(=O)CCCNC(=O)c1cnn(-c2ccc(Cl)cc2)c1C(F)(F)F. The van der Waals surface area contributed by atoms with Crippen molar-refractivity contribution >= 4 is 23.5 Å². The minimum absolute atomic E-state index is 0.0288. The van der Waals surface area contributed by atoms with Crippen LogP contribution in [0.2, 0.25) is 5.02 Å². The van der Waals surface area contributed by atoms with Gasteiger partial charge in [-0.1, -0.05) is 11.6 Å². The van der Waals surface area contributed by atoms with Crippen molar-refractivity contribution < 1.29 is 27.5 Å². The maximum absolute atomic E-state index is 13.5. The van der Waals surface area contributed by atoms with Crippen molar-refractivity contribution in [2.24, 2.45) is 0 Å². The Morgan fingerprint density at radius 1 is 1.26 bits per heavy atom. The average Bonchev–Trinajstić information content (AvgIpc) is 3.05. The molecule has 10 heteroatoms. The number of carbonyl (C=O) groups is 2. The summed E-state index contributed by atoms with van der Waals surface area (Å²) in [6.07, 6.45) is -3.63. The van der Waals surface area contributed by atoms with Gasteiger partial charge < -0.3 is 10.1 Å². The van der Waals surface area contributed by atoms with E-state index in [1.807, 2.05) is 0 Å². The van der Waals surface area contributed by atoms with Gasteiger partial charge in [-0.2, -0.15) is 18.3 Å². The van der Waals surface area contributed by atoms with Crippen LogP contribution in [0.1, 0.15) is 35.8 Å². The summed E-state index contributed by atoms with van der Waals surface area (Å²) in [6.45, 7) is 1.93. The van der Waals surface area contributed by atoms with Crippen LogP contribution in [0.4, 0.5) is 13.2 Å². The molecule has 0 saturated heterocycles. The normalized spacial score (nSPS) is 11.3. The van der Waals surface area contributed by atoms with Crippen LogP contribution < -0.4 is 5.32 Å². The number of hydrogen-bond donors (Lipinski definition) is 1. The predicted molar refractivity (Wildman–Crippen MR) is 91.8 cm³/mol. The van der Waals surface area contributed by atoms with E-state index in [9.17, 15) is 22.8 Å². The Bertz CT molecular complexity index is 804. The van der Waals surface area contributed by atoms with Crippen molar-refractivity contribution in [2.75, 3.05) is 13.2 Å². The lowest BCUT2D eigenvalue weighted by Crippen LogP contribution is -2.28. The first kappa shape index (κ1) is 20.8. The lowest BCUT2D eigenvalue weighted by molar-refractivity contribution is -0.143. The zero-order valence-corrected chi connectivity index (χ0v) is 15.1. The number of carbonyl (C=O) groups excluding carboxylic acids is 2. The van der Waals surface area contributed by atoms with Gasteiger partial charge in [-0.15, -0.1) is 0 Å². The maximum atomic E-state index is 13.5. The van der Waals surface area contributed by atoms with E-state index in [4.69, 9.17) is 16.3 Å². The van der Waals surface area contributed by atoms with Gasteiger partial charge in [0.15, 0.2) is 5.69 Å². The maximum Gasteiger partial charge on any atom is 0.434 e. The van der Waals surface area contributed by atoms with Crippen molar-refractivity contribution in [3.8, 4) is 5.69 Å². The highest BCUT2D eigenvalue weighted by molar-refractivity contribution is 6.30. The van der Waals surface area contributed by atoms with E-state index in [-0.39, 0.29) is 31.7 Å². The third-order valence-corrected chi connectivity index (χ3v) is 3.75. The molecule has 6 nitrogen and oxygen atoms in total. The lowest BCUT2D eigenvalue weighted by Gasteiger charge is -2.13. The predicted octanol–water partition coefficient (Wildman–Crippen LogP) is 3.62. The van der Waals surface area contributed by atoms with Gasteiger partial charge in [-0.05, 0) is 37.6 Å². The summed E-state index contributed by atoms with van der Waals surface area (Å²) in [7, 11) is 0. The van der Waals surface area contributed by atoms with Gasteiger partial charge in [0.05, 0.1) is 24.1 Å². The lowest BCUT2D eigenvalue weighted by atomic mass is 10.2. The van der Waals surface area contributed by atoms with Gasteiger partial charge in [0.1, 0.15) is 0 Å². The molecule has 1 aromatic heterocycles. The van der Waals surface area contributed by atoms with E-state index in [0.717, 1.165) is 6.20 Å². The van der Waals surface area contributed by atoms with Gasteiger partial charge in [-0.25, -0.2) is 4.68 Å². The first-order valence-electron chi connectivity index (χ1n) is 8.09. The molecule has 1 heterocycles. The molecule has 0 aliphatic rings. The number of esters is 1. The molecule has 1 amide bonds. The quantitative estimate of drug-likeness (QED) is 0.566. The second-order valence-corrected chi connectivity index (χ2v) is 5.89. The van der Waals surface area contributed by atoms with Gasteiger partial charge in [0.2, 0.25) is 0 Å². The summed E-state index contributed by atoms with van der Waals surface area (Å²) in [5.41, 5.74) is -1.67. The molecular formula is C17H17ClF3N3O3. The van der Waals surface area contributed by atoms with Crippen LogP contribution in [0.5, 0.6) is 0 Å². The Hall–Kier alpha value is -2.55. The van der Waals surface area contributed by atoms with Crippen LogP contribution in [0, 0.1) is 0 Å². The van der Waals surface area contributed by atoms with E-state index in [2.05, 4.69) is 10.4 Å². The van der Waals surface area contributed by atoms with Crippen molar-refractivity contribution in [3.63, 3.8) is 0 Å². The Morgan fingerprint density at radius 2 is 1.93 bits per heavy atom. The number of nitrogens with one attached hydrogen (secondary N) is 1. The van der Waals surface area contributed by atoms with E-state index in [1.54, 1.807) is 6.92 Å². The minimum atomic E-state index is -4.80. The number of benzene rings is 1. The molecule has 0 radical (unpaired) electrons. The molecule has 0 aliphatic carbocycles. The van der Waals surface area contributed by atoms with Gasteiger partial charge in [0.25, 0.3) is 5.91 Å². The third kappa shape index (κ3) is 5.46. The Kier molecular flexibility index (Phi) is 6.84. The van der Waals surface area contributed by atoms with E-state index in [1.165, 1.54) is 24.3 Å². The van der Waals surface area contributed by atoms with Crippen LogP contribution in [-0.2, 0) is 15.7 Å². The summed E-state index contributed by atoms with van der Waals surface area (Å²) < 4.78 is 45.9. The van der Waals surface area contributed by atoms with E-state index < -0.39 is 29.3 Å². The Balaban J connectivity index is 2.15. The van der Waals surface area contributed by atoms with Crippen LogP contribution in [0.3, 0.4) is 0 Å². The van der Waals surface area contributed by atoms with E-state index >= 15 is 0 Å². The molecule has 0 bridgehead atoms. The van der Waals surface area contributed by atoms with Gasteiger partial charge in [-0.3, -0.25) is 9.59 Å². The summed E-state index contributed by atoms with van der Waals surface area (Å²) in [5.74, 6) is -1.36. The number of hydrogen-bond acceptors (Lipinski definition) is 4. The molecule has 0 aliphatic heterocycles. The topological polar surface area (TPSA) is 73.2 Å². The zero-order chi connectivity index (χ0) is 20.0. The number of rotatable bonds is 7. The minimum Gasteiger partial charge on any atom is -0.466 e. The number of amides is 1. The molecule has 0 saturated carbocycles. The zero-order valence-electron chi connectivity index (χ0n) is 14.3. The summed E-state index contributed by atoms with van der Waals surface area (Å²) in [6, 6.07) is 5.58. The first-order valence-corrected chi connectivity index (χ1v) is 8.46. The molecule has 0 fully saturated rings. The van der Waals surface area contributed by atoms with Gasteiger partial charge >= 0.3 is 12.1 Å². The molecule has 0 unspecified atom stereocenters. The van der Waals surface area contributed by atoms with Crippen molar-refractivity contribution in [3.05, 3.63) is 46.7 Å². The van der Waals surface area contributed by atoms with Gasteiger partial charge in [0, 0.05) is 18.0 Å². The Labute approximate surface area is 158 Å². The number of alkyl halides is 3. The first-order chi connectivity index (χ1) is 12.7. The third-order valence-electron chi connectivity index (χ3n) is 3.50. The molecule has 146 valence electrons. The fourth-order valence-corrected chi connectivity index (χ4v) is 2.45. The molecule has 27 heavy (non-hydrogen) atoms. The molecule has 1 aromatic carbocycles. The monoisotopic (exact) mass is 403 g/mol. The van der Waals surface area contributed by atoms with E-state index in [0.29, 0.717) is 9.70 Å². The highest BCUT2D eigenvalue weighted by Crippen LogP contribution is 2.33. The standard InChI is InChI=1S/C17H17ClF3N3O3/c1-2-27-14(25)4-3-9-22-16(26)13-10-23-24(15(13)17(19,20)21)12-7-5-11(18)6-8-12/h5-8,10H,2-4,9H2,1H3,(H,22,26). The van der Waals surface area contributed by atoms with Crippen molar-refractivity contribution in [2.45, 2.75) is 25.9 Å². The van der Waals surface area contributed by atoms with Crippen LogP contribution in [0.15, 0.2) is 30.5 Å². The molecule has 2 rings (SSSR count). The largest absolute Gasteiger partial charge is 0.466 e.